The van der Waals surface area contributed by atoms with Crippen LogP contribution in [-0.4, -0.2) is 30.3 Å². The highest BCUT2D eigenvalue weighted by molar-refractivity contribution is 6.31. The van der Waals surface area contributed by atoms with Crippen LogP contribution in [0, 0.1) is 13.8 Å². The summed E-state index contributed by atoms with van der Waals surface area (Å²) in [6, 6.07) is 13.6. The van der Waals surface area contributed by atoms with Gasteiger partial charge < -0.3 is 5.32 Å². The lowest BCUT2D eigenvalue weighted by Gasteiger charge is -2.10. The van der Waals surface area contributed by atoms with Gasteiger partial charge in [-0.3, -0.25) is 9.20 Å². The number of hydrogen-bond acceptors (Lipinski definition) is 4. The molecule has 7 nitrogen and oxygen atoms in total. The Hall–Kier alpha value is -3.45. The number of carbonyl (C=O) groups is 1. The monoisotopic (exact) mass is 434 g/mol. The molecule has 8 heteroatoms. The van der Waals surface area contributed by atoms with E-state index in [1.165, 1.54) is 11.6 Å². The number of aryl methyl sites for hydroxylation is 2. The number of pyridine rings is 1. The molecule has 0 saturated carbocycles. The number of carbonyl (C=O) groups excluding carboxylic acids is 1. The largest absolute Gasteiger partial charge is 0.343 e. The minimum absolute atomic E-state index is 0.248. The third kappa shape index (κ3) is 4.51. The molecule has 4 aromatic rings. The molecule has 0 aliphatic heterocycles. The first-order chi connectivity index (χ1) is 14.9. The Morgan fingerprint density at radius 1 is 1.16 bits per heavy atom. The van der Waals surface area contributed by atoms with Crippen molar-refractivity contribution in [2.24, 2.45) is 0 Å². The van der Waals surface area contributed by atoms with Gasteiger partial charge in [-0.15, -0.1) is 10.2 Å². The van der Waals surface area contributed by atoms with E-state index < -0.39 is 0 Å². The van der Waals surface area contributed by atoms with E-state index in [4.69, 9.17) is 11.6 Å². The van der Waals surface area contributed by atoms with Gasteiger partial charge in [-0.2, -0.15) is 5.10 Å². The summed E-state index contributed by atoms with van der Waals surface area (Å²) in [5, 5.41) is 16.2. The molecular weight excluding hydrogens is 412 g/mol. The maximum Gasteiger partial charge on any atom is 0.244 e. The van der Waals surface area contributed by atoms with Crippen molar-refractivity contribution in [2.75, 3.05) is 0 Å². The quantitative estimate of drug-likeness (QED) is 0.463. The molecule has 0 spiro atoms. The molecule has 3 aromatic heterocycles. The number of amides is 1. The fourth-order valence-corrected chi connectivity index (χ4v) is 3.67. The van der Waals surface area contributed by atoms with Crippen LogP contribution in [0.1, 0.15) is 41.2 Å². The highest BCUT2D eigenvalue weighted by atomic mass is 35.5. The highest BCUT2D eigenvalue weighted by Crippen LogP contribution is 2.22. The summed E-state index contributed by atoms with van der Waals surface area (Å²) >= 11 is 6.54. The molecule has 0 bridgehead atoms. The highest BCUT2D eigenvalue weighted by Gasteiger charge is 2.15. The average molecular weight is 435 g/mol. The van der Waals surface area contributed by atoms with Crippen molar-refractivity contribution in [2.45, 2.75) is 33.4 Å². The van der Waals surface area contributed by atoms with Crippen molar-refractivity contribution >= 4 is 29.2 Å². The van der Waals surface area contributed by atoms with E-state index in [0.29, 0.717) is 17.5 Å². The molecule has 158 valence electrons. The number of nitrogens with one attached hydrogen (secondary N) is 1. The van der Waals surface area contributed by atoms with Crippen molar-refractivity contribution in [3.63, 3.8) is 0 Å². The number of aromatic nitrogens is 5. The smallest absolute Gasteiger partial charge is 0.244 e. The Kier molecular flexibility index (Phi) is 5.86. The van der Waals surface area contributed by atoms with Gasteiger partial charge in [0.05, 0.1) is 18.3 Å². The second kappa shape index (κ2) is 8.73. The van der Waals surface area contributed by atoms with Crippen molar-refractivity contribution in [1.29, 1.82) is 0 Å². The molecule has 0 aliphatic carbocycles. The van der Waals surface area contributed by atoms with E-state index in [0.717, 1.165) is 22.5 Å². The second-order valence-corrected chi connectivity index (χ2v) is 7.84. The van der Waals surface area contributed by atoms with Gasteiger partial charge in [-0.05, 0) is 44.5 Å². The van der Waals surface area contributed by atoms with Crippen molar-refractivity contribution in [3.05, 3.63) is 88.1 Å². The van der Waals surface area contributed by atoms with Crippen LogP contribution in [0.15, 0.2) is 54.7 Å². The molecule has 0 radical (unpaired) electrons. The SMILES string of the molecule is Cc1ccc(Cn2nc(C)c(/C=C/C(=O)NC(C)c3nnc4ccccn34)c2Cl)cc1. The van der Waals surface area contributed by atoms with E-state index in [1.54, 1.807) is 10.8 Å². The number of halogens is 1. The zero-order valence-corrected chi connectivity index (χ0v) is 18.3. The van der Waals surface area contributed by atoms with Crippen LogP contribution in [0.3, 0.4) is 0 Å². The fourth-order valence-electron chi connectivity index (χ4n) is 3.37. The van der Waals surface area contributed by atoms with Gasteiger partial charge in [-0.1, -0.05) is 47.5 Å². The maximum absolute atomic E-state index is 12.5. The molecule has 0 saturated heterocycles. The van der Waals surface area contributed by atoms with Crippen LogP contribution < -0.4 is 5.32 Å². The first kappa shape index (κ1) is 20.8. The third-order valence-electron chi connectivity index (χ3n) is 5.05. The van der Waals surface area contributed by atoms with Gasteiger partial charge in [0.1, 0.15) is 5.15 Å². The van der Waals surface area contributed by atoms with Gasteiger partial charge >= 0.3 is 0 Å². The number of benzene rings is 1. The van der Waals surface area contributed by atoms with Crippen LogP contribution in [0.2, 0.25) is 5.15 Å². The van der Waals surface area contributed by atoms with Gasteiger partial charge in [0.15, 0.2) is 11.5 Å². The van der Waals surface area contributed by atoms with Crippen LogP contribution in [0.4, 0.5) is 0 Å². The summed E-state index contributed by atoms with van der Waals surface area (Å²) in [5.41, 5.74) is 4.53. The molecule has 1 aromatic carbocycles. The summed E-state index contributed by atoms with van der Waals surface area (Å²) in [4.78, 5) is 12.5. The third-order valence-corrected chi connectivity index (χ3v) is 5.45. The predicted octanol–water partition coefficient (Wildman–Crippen LogP) is 4.13. The van der Waals surface area contributed by atoms with Crippen molar-refractivity contribution < 1.29 is 4.79 Å². The Bertz CT molecular complexity index is 1260. The first-order valence-corrected chi connectivity index (χ1v) is 10.4. The van der Waals surface area contributed by atoms with Gasteiger partial charge in [0.25, 0.3) is 0 Å². The van der Waals surface area contributed by atoms with E-state index in [-0.39, 0.29) is 11.9 Å². The fraction of sp³-hybridized carbons (Fsp3) is 0.217. The van der Waals surface area contributed by atoms with Gasteiger partial charge in [-0.25, -0.2) is 4.68 Å². The Morgan fingerprint density at radius 2 is 1.94 bits per heavy atom. The van der Waals surface area contributed by atoms with Crippen molar-refractivity contribution in [1.82, 2.24) is 29.7 Å². The van der Waals surface area contributed by atoms with E-state index in [2.05, 4.69) is 51.8 Å². The molecule has 1 N–H and O–H groups in total. The van der Waals surface area contributed by atoms with E-state index >= 15 is 0 Å². The van der Waals surface area contributed by atoms with E-state index in [9.17, 15) is 4.79 Å². The average Bonchev–Trinajstić information content (AvgIpc) is 3.29. The summed E-state index contributed by atoms with van der Waals surface area (Å²) in [6.45, 7) is 6.36. The number of fused-ring (bicyclic) bond motifs is 1. The van der Waals surface area contributed by atoms with Crippen LogP contribution in [0.5, 0.6) is 0 Å². The number of hydrogen-bond donors (Lipinski definition) is 1. The van der Waals surface area contributed by atoms with Gasteiger partial charge in [0, 0.05) is 17.8 Å². The van der Waals surface area contributed by atoms with Crippen LogP contribution in [-0.2, 0) is 11.3 Å². The van der Waals surface area contributed by atoms with E-state index in [1.807, 2.05) is 42.6 Å². The summed E-state index contributed by atoms with van der Waals surface area (Å²) in [5.74, 6) is 0.416. The maximum atomic E-state index is 12.5. The van der Waals surface area contributed by atoms with Crippen LogP contribution >= 0.6 is 11.6 Å². The van der Waals surface area contributed by atoms with Crippen LogP contribution in [0.25, 0.3) is 11.7 Å². The Labute approximate surface area is 185 Å². The standard InChI is InChI=1S/C23H23ClN6O/c1-15-7-9-18(10-8-15)14-30-22(24)19(16(2)28-30)11-12-21(31)25-17(3)23-27-26-20-6-4-5-13-29(20)23/h4-13,17H,14H2,1-3H3,(H,25,31)/b12-11+. The molecule has 0 fully saturated rings. The summed E-state index contributed by atoms with van der Waals surface area (Å²) in [7, 11) is 0. The molecule has 4 rings (SSSR count). The molecule has 1 unspecified atom stereocenters. The topological polar surface area (TPSA) is 77.1 Å². The molecule has 0 aliphatic rings. The lowest BCUT2D eigenvalue weighted by Crippen LogP contribution is -2.26. The molecule has 31 heavy (non-hydrogen) atoms. The molecule has 1 atom stereocenters. The number of rotatable bonds is 6. The molecular formula is C23H23ClN6O. The zero-order chi connectivity index (χ0) is 22.0. The summed E-state index contributed by atoms with van der Waals surface area (Å²) < 4.78 is 3.59. The molecule has 1 amide bonds. The Morgan fingerprint density at radius 3 is 2.71 bits per heavy atom. The minimum atomic E-state index is -0.310. The minimum Gasteiger partial charge on any atom is -0.343 e. The predicted molar refractivity (Wildman–Crippen MR) is 121 cm³/mol. The molecule has 3 heterocycles. The first-order valence-electron chi connectivity index (χ1n) is 9.99. The second-order valence-electron chi connectivity index (χ2n) is 7.48. The number of nitrogens with zero attached hydrogens (tertiary/aromatic N) is 5. The Balaban J connectivity index is 1.46. The zero-order valence-electron chi connectivity index (χ0n) is 17.6. The lowest BCUT2D eigenvalue weighted by atomic mass is 10.1. The lowest BCUT2D eigenvalue weighted by molar-refractivity contribution is -0.117. The van der Waals surface area contributed by atoms with Gasteiger partial charge in [0.2, 0.25) is 5.91 Å². The summed E-state index contributed by atoms with van der Waals surface area (Å²) in [6.07, 6.45) is 5.03. The normalized spacial score (nSPS) is 12.5. The van der Waals surface area contributed by atoms with Crippen molar-refractivity contribution in [3.8, 4) is 0 Å².